The Morgan fingerprint density at radius 1 is 1.12 bits per heavy atom. The Kier molecular flexibility index (Phi) is 9.81. The van der Waals surface area contributed by atoms with E-state index in [-0.39, 0.29) is 11.8 Å². The van der Waals surface area contributed by atoms with Gasteiger partial charge in [-0.2, -0.15) is 0 Å². The number of ether oxygens (including phenoxy) is 2. The average molecular weight is 355 g/mol. The first-order chi connectivity index (χ1) is 12.2. The number of carbonyl (C=O) groups excluding carboxylic acids is 1. The van der Waals surface area contributed by atoms with E-state index in [9.17, 15) is 4.79 Å². The zero-order valence-electron chi connectivity index (χ0n) is 16.3. The van der Waals surface area contributed by atoms with Crippen LogP contribution in [0.1, 0.15) is 58.8 Å². The third-order valence-electron chi connectivity index (χ3n) is 5.70. The molecule has 1 aliphatic heterocycles. The minimum atomic E-state index is 0.183. The first kappa shape index (κ1) is 20.7. The zero-order chi connectivity index (χ0) is 17.9. The number of nitrogens with one attached hydrogen (secondary N) is 1. The quantitative estimate of drug-likeness (QED) is 0.613. The van der Waals surface area contributed by atoms with Gasteiger partial charge in [0.15, 0.2) is 0 Å². The monoisotopic (exact) mass is 354 g/mol. The number of carbonyl (C=O) groups is 1. The molecule has 2 unspecified atom stereocenters. The van der Waals surface area contributed by atoms with Crippen LogP contribution in [0, 0.1) is 11.8 Å². The Labute approximate surface area is 153 Å². The lowest BCUT2D eigenvalue weighted by Crippen LogP contribution is -2.42. The molecule has 1 saturated heterocycles. The molecule has 25 heavy (non-hydrogen) atoms. The maximum Gasteiger partial charge on any atom is 0.223 e. The summed E-state index contributed by atoms with van der Waals surface area (Å²) < 4.78 is 11.4. The molecule has 1 N–H and O–H groups in total. The topological polar surface area (TPSA) is 50.8 Å². The van der Waals surface area contributed by atoms with E-state index in [4.69, 9.17) is 9.47 Å². The summed E-state index contributed by atoms with van der Waals surface area (Å²) in [6, 6.07) is 0. The molecule has 1 amide bonds. The summed E-state index contributed by atoms with van der Waals surface area (Å²) in [5.74, 6) is 1.12. The van der Waals surface area contributed by atoms with Crippen LogP contribution in [0.3, 0.4) is 0 Å². The highest BCUT2D eigenvalue weighted by atomic mass is 16.5. The van der Waals surface area contributed by atoms with Gasteiger partial charge in [0.1, 0.15) is 0 Å². The molecule has 0 radical (unpaired) electrons. The number of likely N-dealkylation sites (tertiary alicyclic amines) is 1. The molecule has 1 aliphatic carbocycles. The lowest BCUT2D eigenvalue weighted by atomic mass is 9.88. The van der Waals surface area contributed by atoms with E-state index in [0.29, 0.717) is 12.0 Å². The van der Waals surface area contributed by atoms with E-state index in [1.54, 1.807) is 0 Å². The molecule has 1 heterocycles. The predicted molar refractivity (Wildman–Crippen MR) is 101 cm³/mol. The molecule has 0 aromatic rings. The first-order valence-corrected chi connectivity index (χ1v) is 10.4. The molecule has 2 atom stereocenters. The van der Waals surface area contributed by atoms with Gasteiger partial charge in [0.25, 0.3) is 0 Å². The van der Waals surface area contributed by atoms with Crippen molar-refractivity contribution in [2.24, 2.45) is 11.8 Å². The second-order valence-electron chi connectivity index (χ2n) is 7.63. The molecule has 0 spiro atoms. The zero-order valence-corrected chi connectivity index (χ0v) is 16.3. The Morgan fingerprint density at radius 2 is 1.88 bits per heavy atom. The van der Waals surface area contributed by atoms with Gasteiger partial charge in [-0.05, 0) is 58.0 Å². The van der Waals surface area contributed by atoms with E-state index in [1.807, 2.05) is 6.92 Å². The summed E-state index contributed by atoms with van der Waals surface area (Å²) >= 11 is 0. The van der Waals surface area contributed by atoms with Crippen LogP contribution in [0.25, 0.3) is 0 Å². The van der Waals surface area contributed by atoms with Crippen molar-refractivity contribution in [2.45, 2.75) is 64.9 Å². The van der Waals surface area contributed by atoms with Crippen LogP contribution in [0.2, 0.25) is 0 Å². The minimum Gasteiger partial charge on any atom is -0.382 e. The summed E-state index contributed by atoms with van der Waals surface area (Å²) in [6.07, 6.45) is 8.53. The fraction of sp³-hybridized carbons (Fsp3) is 0.950. The molecule has 0 aromatic carbocycles. The van der Waals surface area contributed by atoms with Crippen molar-refractivity contribution < 1.29 is 14.3 Å². The van der Waals surface area contributed by atoms with Crippen LogP contribution in [0.5, 0.6) is 0 Å². The van der Waals surface area contributed by atoms with Crippen molar-refractivity contribution in [3.8, 4) is 0 Å². The molecule has 2 rings (SSSR count). The fourth-order valence-electron chi connectivity index (χ4n) is 3.96. The van der Waals surface area contributed by atoms with Crippen molar-refractivity contribution in [3.63, 3.8) is 0 Å². The second kappa shape index (κ2) is 11.9. The second-order valence-corrected chi connectivity index (χ2v) is 7.63. The van der Waals surface area contributed by atoms with Gasteiger partial charge in [0.2, 0.25) is 5.91 Å². The minimum absolute atomic E-state index is 0.183. The van der Waals surface area contributed by atoms with Gasteiger partial charge in [-0.1, -0.05) is 19.8 Å². The van der Waals surface area contributed by atoms with Crippen molar-refractivity contribution in [1.82, 2.24) is 10.2 Å². The van der Waals surface area contributed by atoms with Crippen molar-refractivity contribution in [1.29, 1.82) is 0 Å². The van der Waals surface area contributed by atoms with Gasteiger partial charge in [-0.25, -0.2) is 0 Å². The molecule has 2 aliphatic rings. The number of hydrogen-bond acceptors (Lipinski definition) is 4. The van der Waals surface area contributed by atoms with E-state index >= 15 is 0 Å². The molecule has 1 saturated carbocycles. The van der Waals surface area contributed by atoms with E-state index in [0.717, 1.165) is 65.3 Å². The Hall–Kier alpha value is -0.650. The summed E-state index contributed by atoms with van der Waals surface area (Å²) in [6.45, 7) is 10.4. The lowest BCUT2D eigenvalue weighted by Gasteiger charge is -2.33. The van der Waals surface area contributed by atoms with Crippen molar-refractivity contribution in [2.75, 3.05) is 46.0 Å². The molecule has 146 valence electrons. The molecule has 2 fully saturated rings. The standard InChI is InChI=1S/C20H38N2O3/c1-3-24-15-6-11-21-20(23)18-9-12-22(13-10-18)14-16-25-19-8-5-4-7-17(19)2/h17-19H,3-16H2,1-2H3,(H,21,23). The third kappa shape index (κ3) is 7.63. The fourth-order valence-corrected chi connectivity index (χ4v) is 3.96. The summed E-state index contributed by atoms with van der Waals surface area (Å²) in [4.78, 5) is 14.6. The maximum atomic E-state index is 12.2. The molecule has 0 bridgehead atoms. The Balaban J connectivity index is 1.52. The number of piperidine rings is 1. The summed E-state index contributed by atoms with van der Waals surface area (Å²) in [7, 11) is 0. The SMILES string of the molecule is CCOCCCNC(=O)C1CCN(CCOC2CCCCC2C)CC1. The number of hydrogen-bond donors (Lipinski definition) is 1. The third-order valence-corrected chi connectivity index (χ3v) is 5.70. The average Bonchev–Trinajstić information content (AvgIpc) is 2.63. The van der Waals surface area contributed by atoms with E-state index in [1.165, 1.54) is 25.7 Å². The molecule has 5 nitrogen and oxygen atoms in total. The number of nitrogens with zero attached hydrogens (tertiary/aromatic N) is 1. The van der Waals surface area contributed by atoms with Gasteiger partial charge >= 0.3 is 0 Å². The highest BCUT2D eigenvalue weighted by molar-refractivity contribution is 5.78. The Bertz CT molecular complexity index is 370. The van der Waals surface area contributed by atoms with Gasteiger partial charge in [-0.15, -0.1) is 0 Å². The van der Waals surface area contributed by atoms with Gasteiger partial charge < -0.3 is 19.7 Å². The van der Waals surface area contributed by atoms with Gasteiger partial charge in [-0.3, -0.25) is 4.79 Å². The number of rotatable bonds is 10. The number of amides is 1. The highest BCUT2D eigenvalue weighted by Gasteiger charge is 2.25. The summed E-state index contributed by atoms with van der Waals surface area (Å²) in [5.41, 5.74) is 0. The van der Waals surface area contributed by atoms with Gasteiger partial charge in [0, 0.05) is 32.2 Å². The van der Waals surface area contributed by atoms with E-state index < -0.39 is 0 Å². The van der Waals surface area contributed by atoms with Crippen LogP contribution in [-0.2, 0) is 14.3 Å². The predicted octanol–water partition coefficient (Wildman–Crippen LogP) is 2.84. The highest BCUT2D eigenvalue weighted by Crippen LogP contribution is 2.26. The smallest absolute Gasteiger partial charge is 0.223 e. The van der Waals surface area contributed by atoms with Crippen LogP contribution >= 0.6 is 0 Å². The van der Waals surface area contributed by atoms with Crippen molar-refractivity contribution >= 4 is 5.91 Å². The van der Waals surface area contributed by atoms with Crippen LogP contribution in [-0.4, -0.2) is 62.9 Å². The normalized spacial score (nSPS) is 25.8. The molecular weight excluding hydrogens is 316 g/mol. The van der Waals surface area contributed by atoms with E-state index in [2.05, 4.69) is 17.1 Å². The molecular formula is C20H38N2O3. The van der Waals surface area contributed by atoms with Gasteiger partial charge in [0.05, 0.1) is 12.7 Å². The molecule has 0 aromatic heterocycles. The van der Waals surface area contributed by atoms with Crippen LogP contribution < -0.4 is 5.32 Å². The lowest BCUT2D eigenvalue weighted by molar-refractivity contribution is -0.126. The Morgan fingerprint density at radius 3 is 2.60 bits per heavy atom. The van der Waals surface area contributed by atoms with Crippen LogP contribution in [0.4, 0.5) is 0 Å². The van der Waals surface area contributed by atoms with Crippen LogP contribution in [0.15, 0.2) is 0 Å². The maximum absolute atomic E-state index is 12.2. The van der Waals surface area contributed by atoms with Crippen molar-refractivity contribution in [3.05, 3.63) is 0 Å². The summed E-state index contributed by atoms with van der Waals surface area (Å²) in [5, 5.41) is 3.05. The largest absolute Gasteiger partial charge is 0.382 e. The molecule has 5 heteroatoms. The first-order valence-electron chi connectivity index (χ1n) is 10.4.